The Labute approximate surface area is 164 Å². The van der Waals surface area contributed by atoms with Gasteiger partial charge in [-0.1, -0.05) is 48.5 Å². The maximum absolute atomic E-state index is 13.0. The third-order valence-corrected chi connectivity index (χ3v) is 5.06. The number of hydrogen-bond donors (Lipinski definition) is 1. The third kappa shape index (κ3) is 3.83. The van der Waals surface area contributed by atoms with Gasteiger partial charge < -0.3 is 14.6 Å². The molecule has 1 fully saturated rings. The molecule has 2 amide bonds. The molecule has 142 valence electrons. The fraction of sp³-hybridized carbons (Fsp3) is 0.217. The summed E-state index contributed by atoms with van der Waals surface area (Å²) in [6, 6.07) is 21.6. The Morgan fingerprint density at radius 2 is 1.82 bits per heavy atom. The van der Waals surface area contributed by atoms with Crippen LogP contribution in [0.5, 0.6) is 0 Å². The number of rotatable bonds is 6. The summed E-state index contributed by atoms with van der Waals surface area (Å²) >= 11 is 0. The van der Waals surface area contributed by atoms with Crippen LogP contribution in [0.15, 0.2) is 77.4 Å². The van der Waals surface area contributed by atoms with E-state index in [2.05, 4.69) is 17.4 Å². The van der Waals surface area contributed by atoms with E-state index in [-0.39, 0.29) is 11.8 Å². The molecule has 2 aromatic carbocycles. The molecule has 3 aromatic rings. The van der Waals surface area contributed by atoms with Gasteiger partial charge in [0.05, 0.1) is 12.8 Å². The van der Waals surface area contributed by atoms with Crippen LogP contribution in [-0.2, 0) is 22.6 Å². The van der Waals surface area contributed by atoms with Gasteiger partial charge in [0.25, 0.3) is 0 Å². The lowest BCUT2D eigenvalue weighted by atomic mass is 10.0. The van der Waals surface area contributed by atoms with Gasteiger partial charge in [-0.2, -0.15) is 0 Å². The lowest BCUT2D eigenvalue weighted by Gasteiger charge is -2.20. The van der Waals surface area contributed by atoms with Gasteiger partial charge in [0.15, 0.2) is 0 Å². The largest absolute Gasteiger partial charge is 0.467 e. The minimum Gasteiger partial charge on any atom is -0.467 e. The van der Waals surface area contributed by atoms with Crippen LogP contribution in [0.3, 0.4) is 0 Å². The van der Waals surface area contributed by atoms with Gasteiger partial charge in [0, 0.05) is 12.2 Å². The minimum absolute atomic E-state index is 0.141. The maximum atomic E-state index is 13.0. The molecule has 5 nitrogen and oxygen atoms in total. The second-order valence-corrected chi connectivity index (χ2v) is 6.92. The van der Waals surface area contributed by atoms with Crippen molar-refractivity contribution in [3.05, 3.63) is 89.9 Å². The number of nitrogens with one attached hydrogen (secondary N) is 1. The second kappa shape index (κ2) is 8.13. The highest BCUT2D eigenvalue weighted by Gasteiger charge is 2.38. The molecule has 0 spiro atoms. The van der Waals surface area contributed by atoms with Crippen molar-refractivity contribution in [2.24, 2.45) is 5.92 Å². The highest BCUT2D eigenvalue weighted by atomic mass is 16.3. The minimum atomic E-state index is -0.653. The second-order valence-electron chi connectivity index (χ2n) is 6.92. The zero-order chi connectivity index (χ0) is 19.3. The summed E-state index contributed by atoms with van der Waals surface area (Å²) in [6.07, 6.45) is 2.83. The predicted octanol–water partition coefficient (Wildman–Crippen LogP) is 3.54. The number of anilines is 1. The average molecular weight is 374 g/mol. The number of amides is 2. The number of furan rings is 1. The highest BCUT2D eigenvalue weighted by Crippen LogP contribution is 2.29. The first-order chi connectivity index (χ1) is 13.7. The van der Waals surface area contributed by atoms with E-state index in [1.165, 1.54) is 5.56 Å². The Bertz CT molecular complexity index is 951. The van der Waals surface area contributed by atoms with Crippen LogP contribution < -0.4 is 10.2 Å². The van der Waals surface area contributed by atoms with E-state index < -0.39 is 5.92 Å². The highest BCUT2D eigenvalue weighted by molar-refractivity contribution is 6.09. The molecule has 1 aromatic heterocycles. The van der Waals surface area contributed by atoms with Gasteiger partial charge in [0.1, 0.15) is 11.7 Å². The Balaban J connectivity index is 1.47. The van der Waals surface area contributed by atoms with E-state index >= 15 is 0 Å². The molecular weight excluding hydrogens is 352 g/mol. The number of benzene rings is 2. The average Bonchev–Trinajstić information content (AvgIpc) is 3.37. The van der Waals surface area contributed by atoms with Crippen LogP contribution >= 0.6 is 0 Å². The van der Waals surface area contributed by atoms with E-state index in [0.29, 0.717) is 25.3 Å². The van der Waals surface area contributed by atoms with Crippen molar-refractivity contribution in [1.82, 2.24) is 5.32 Å². The number of carbonyl (C=O) groups excluding carboxylic acids is 2. The molecule has 0 radical (unpaired) electrons. The Morgan fingerprint density at radius 3 is 2.61 bits per heavy atom. The molecule has 0 bridgehead atoms. The fourth-order valence-electron chi connectivity index (χ4n) is 3.61. The van der Waals surface area contributed by atoms with Crippen molar-refractivity contribution >= 4 is 17.5 Å². The van der Waals surface area contributed by atoms with Crippen molar-refractivity contribution < 1.29 is 14.0 Å². The van der Waals surface area contributed by atoms with Crippen molar-refractivity contribution in [2.75, 3.05) is 11.4 Å². The van der Waals surface area contributed by atoms with Crippen molar-refractivity contribution in [2.45, 2.75) is 19.4 Å². The number of nitrogens with zero attached hydrogens (tertiary/aromatic N) is 1. The van der Waals surface area contributed by atoms with Crippen LogP contribution in [0.25, 0.3) is 0 Å². The van der Waals surface area contributed by atoms with Gasteiger partial charge in [-0.15, -0.1) is 0 Å². The molecular formula is C23H22N2O3. The first-order valence-corrected chi connectivity index (χ1v) is 9.45. The fourth-order valence-corrected chi connectivity index (χ4v) is 3.61. The number of hydrogen-bond acceptors (Lipinski definition) is 3. The van der Waals surface area contributed by atoms with E-state index in [1.807, 2.05) is 42.5 Å². The third-order valence-electron chi connectivity index (χ3n) is 5.06. The summed E-state index contributed by atoms with van der Waals surface area (Å²) in [7, 11) is 0. The van der Waals surface area contributed by atoms with E-state index in [1.54, 1.807) is 23.3 Å². The van der Waals surface area contributed by atoms with E-state index in [4.69, 9.17) is 4.42 Å². The van der Waals surface area contributed by atoms with Crippen LogP contribution in [-0.4, -0.2) is 18.4 Å². The molecule has 1 aliphatic rings. The zero-order valence-electron chi connectivity index (χ0n) is 15.5. The number of carbonyl (C=O) groups is 2. The smallest absolute Gasteiger partial charge is 0.239 e. The molecule has 1 atom stereocenters. The maximum Gasteiger partial charge on any atom is 0.239 e. The van der Waals surface area contributed by atoms with Crippen LogP contribution in [0.2, 0.25) is 0 Å². The summed E-state index contributed by atoms with van der Waals surface area (Å²) in [5.41, 5.74) is 3.16. The van der Waals surface area contributed by atoms with Gasteiger partial charge in [0.2, 0.25) is 11.8 Å². The molecule has 4 rings (SSSR count). The van der Waals surface area contributed by atoms with Crippen LogP contribution in [0, 0.1) is 5.92 Å². The Hall–Kier alpha value is -3.34. The molecule has 1 aliphatic heterocycles. The first kappa shape index (κ1) is 18.0. The number of para-hydroxylation sites is 1. The molecule has 2 heterocycles. The first-order valence-electron chi connectivity index (χ1n) is 9.45. The topological polar surface area (TPSA) is 62.6 Å². The summed E-state index contributed by atoms with van der Waals surface area (Å²) in [4.78, 5) is 27.2. The predicted molar refractivity (Wildman–Crippen MR) is 107 cm³/mol. The Morgan fingerprint density at radius 1 is 1.04 bits per heavy atom. The van der Waals surface area contributed by atoms with Gasteiger partial charge in [-0.25, -0.2) is 0 Å². The summed E-state index contributed by atoms with van der Waals surface area (Å²) in [5, 5.41) is 2.80. The van der Waals surface area contributed by atoms with Crippen LogP contribution in [0.4, 0.5) is 5.69 Å². The van der Waals surface area contributed by atoms with Crippen LogP contribution in [0.1, 0.15) is 23.3 Å². The van der Waals surface area contributed by atoms with Gasteiger partial charge in [-0.05, 0) is 42.2 Å². The van der Waals surface area contributed by atoms with E-state index in [0.717, 1.165) is 17.7 Å². The van der Waals surface area contributed by atoms with Gasteiger partial charge >= 0.3 is 0 Å². The summed E-state index contributed by atoms with van der Waals surface area (Å²) in [6.45, 7) is 0.837. The lowest BCUT2D eigenvalue weighted by molar-refractivity contribution is -0.132. The molecule has 1 saturated heterocycles. The van der Waals surface area contributed by atoms with E-state index in [9.17, 15) is 9.59 Å². The van der Waals surface area contributed by atoms with Crippen molar-refractivity contribution in [3.8, 4) is 0 Å². The quantitative estimate of drug-likeness (QED) is 0.671. The zero-order valence-corrected chi connectivity index (χ0v) is 15.5. The summed E-state index contributed by atoms with van der Waals surface area (Å²) < 4.78 is 5.23. The molecule has 5 heteroatoms. The Kier molecular flexibility index (Phi) is 5.24. The molecule has 1 N–H and O–H groups in total. The monoisotopic (exact) mass is 374 g/mol. The SMILES string of the molecule is O=C(NCc1ccco1)C1CCN(c2ccccc2Cc2ccccc2)C1=O. The summed E-state index contributed by atoms with van der Waals surface area (Å²) in [5.74, 6) is -0.370. The molecule has 1 unspecified atom stereocenters. The normalized spacial score (nSPS) is 16.4. The molecule has 0 saturated carbocycles. The molecule has 28 heavy (non-hydrogen) atoms. The van der Waals surface area contributed by atoms with Crippen molar-refractivity contribution in [1.29, 1.82) is 0 Å². The molecule has 0 aliphatic carbocycles. The standard InChI is InChI=1S/C23H22N2O3/c26-22(24-16-19-10-6-14-28-19)20-12-13-25(23(20)27)21-11-5-4-9-18(21)15-17-7-2-1-3-8-17/h1-11,14,20H,12-13,15-16H2,(H,24,26). The van der Waals surface area contributed by atoms with Crippen molar-refractivity contribution in [3.63, 3.8) is 0 Å². The lowest BCUT2D eigenvalue weighted by Crippen LogP contribution is -2.36. The van der Waals surface area contributed by atoms with Gasteiger partial charge in [-0.3, -0.25) is 9.59 Å².